The molecule has 2 aromatic carbocycles. The Balaban J connectivity index is 1.48. The smallest absolute Gasteiger partial charge is 0.0149 e. The highest BCUT2D eigenvalue weighted by atomic mass is 14.1. The van der Waals surface area contributed by atoms with Crippen LogP contribution in [-0.2, 0) is 6.42 Å². The number of unbranched alkanes of at least 4 members (excludes halogenated alkanes) is 13. The second-order valence-corrected chi connectivity index (χ2v) is 8.43. The zero-order valence-electron chi connectivity index (χ0n) is 18.1. The van der Waals surface area contributed by atoms with E-state index in [9.17, 15) is 0 Å². The van der Waals surface area contributed by atoms with Crippen molar-refractivity contribution in [1.82, 2.24) is 0 Å². The van der Waals surface area contributed by atoms with E-state index in [1.807, 2.05) is 0 Å². The Labute approximate surface area is 168 Å². The van der Waals surface area contributed by atoms with Gasteiger partial charge in [0, 0.05) is 0 Å². The van der Waals surface area contributed by atoms with Crippen molar-refractivity contribution in [3.63, 3.8) is 0 Å². The molecule has 0 aliphatic carbocycles. The normalized spacial score (nSPS) is 11.3. The topological polar surface area (TPSA) is 0 Å². The fraction of sp³-hybridized carbons (Fsp3) is 0.630. The molecule has 2 aromatic rings. The fourth-order valence-electron chi connectivity index (χ4n) is 4.27. The van der Waals surface area contributed by atoms with Gasteiger partial charge < -0.3 is 0 Å². The molecule has 0 atom stereocenters. The van der Waals surface area contributed by atoms with Crippen molar-refractivity contribution in [2.75, 3.05) is 0 Å². The molecule has 0 spiro atoms. The second kappa shape index (κ2) is 13.8. The predicted octanol–water partition coefficient (Wildman–Crippen LogP) is 9.17. The number of fused-ring (bicyclic) bond motifs is 1. The van der Waals surface area contributed by atoms with E-state index in [4.69, 9.17) is 0 Å². The van der Waals surface area contributed by atoms with Gasteiger partial charge in [0.1, 0.15) is 0 Å². The van der Waals surface area contributed by atoms with Crippen LogP contribution < -0.4 is 0 Å². The summed E-state index contributed by atoms with van der Waals surface area (Å²) in [6.45, 7) is 4.57. The Morgan fingerprint density at radius 2 is 1.07 bits per heavy atom. The van der Waals surface area contributed by atoms with E-state index < -0.39 is 0 Å². The molecule has 0 N–H and O–H groups in total. The fourth-order valence-corrected chi connectivity index (χ4v) is 4.27. The highest BCUT2D eigenvalue weighted by molar-refractivity contribution is 5.86. The Kier molecular flexibility index (Phi) is 11.2. The van der Waals surface area contributed by atoms with Gasteiger partial charge in [-0.3, -0.25) is 0 Å². The lowest BCUT2D eigenvalue weighted by atomic mass is 9.95. The van der Waals surface area contributed by atoms with Gasteiger partial charge in [0.05, 0.1) is 0 Å². The van der Waals surface area contributed by atoms with E-state index in [0.717, 1.165) is 0 Å². The minimum absolute atomic E-state index is 1.24. The lowest BCUT2D eigenvalue weighted by Crippen LogP contribution is -1.92. The average Bonchev–Trinajstić information content (AvgIpc) is 2.69. The first-order valence-corrected chi connectivity index (χ1v) is 11.8. The minimum atomic E-state index is 1.24. The van der Waals surface area contributed by atoms with Crippen molar-refractivity contribution >= 4 is 10.8 Å². The summed E-state index contributed by atoms with van der Waals surface area (Å²) in [6.07, 6.45) is 21.3. The van der Waals surface area contributed by atoms with Crippen LogP contribution in [0.15, 0.2) is 36.4 Å². The standard InChI is InChI=1S/C27H42/c1-3-4-5-6-7-8-9-10-11-12-13-14-15-16-20-26-24(2)22-23-25-19-17-18-21-27(25)26/h17-19,21-23H,3-16,20H2,1-2H3. The van der Waals surface area contributed by atoms with Gasteiger partial charge >= 0.3 is 0 Å². The van der Waals surface area contributed by atoms with E-state index in [0.29, 0.717) is 0 Å². The van der Waals surface area contributed by atoms with Crippen molar-refractivity contribution in [2.45, 2.75) is 110 Å². The summed E-state index contributed by atoms with van der Waals surface area (Å²) in [5, 5.41) is 2.86. The average molecular weight is 367 g/mol. The zero-order chi connectivity index (χ0) is 19.2. The van der Waals surface area contributed by atoms with E-state index in [2.05, 4.69) is 50.2 Å². The molecule has 0 heteroatoms. The highest BCUT2D eigenvalue weighted by Crippen LogP contribution is 2.24. The van der Waals surface area contributed by atoms with Crippen LogP contribution in [0.25, 0.3) is 10.8 Å². The second-order valence-electron chi connectivity index (χ2n) is 8.43. The van der Waals surface area contributed by atoms with Crippen molar-refractivity contribution < 1.29 is 0 Å². The minimum Gasteiger partial charge on any atom is -0.0654 e. The molecule has 0 saturated carbocycles. The molecule has 0 fully saturated rings. The molecule has 0 aliphatic rings. The van der Waals surface area contributed by atoms with Crippen LogP contribution in [0, 0.1) is 6.92 Å². The maximum absolute atomic E-state index is 2.30. The summed E-state index contributed by atoms with van der Waals surface area (Å²) in [5.74, 6) is 0. The number of hydrogen-bond donors (Lipinski definition) is 0. The van der Waals surface area contributed by atoms with Crippen molar-refractivity contribution in [3.05, 3.63) is 47.5 Å². The van der Waals surface area contributed by atoms with Gasteiger partial charge in [-0.15, -0.1) is 0 Å². The van der Waals surface area contributed by atoms with Gasteiger partial charge in [-0.2, -0.15) is 0 Å². The van der Waals surface area contributed by atoms with E-state index in [1.54, 1.807) is 5.56 Å². The molecular weight excluding hydrogens is 324 g/mol. The SMILES string of the molecule is CCCCCCCCCCCCCCCCc1c(C)ccc2ccccc12. The molecule has 0 saturated heterocycles. The molecule has 150 valence electrons. The molecule has 0 nitrogen and oxygen atoms in total. The molecule has 0 radical (unpaired) electrons. The van der Waals surface area contributed by atoms with Crippen LogP contribution in [0.5, 0.6) is 0 Å². The number of rotatable bonds is 15. The third-order valence-corrected chi connectivity index (χ3v) is 6.06. The number of benzene rings is 2. The van der Waals surface area contributed by atoms with E-state index >= 15 is 0 Å². The van der Waals surface area contributed by atoms with Gasteiger partial charge in [-0.1, -0.05) is 127 Å². The highest BCUT2D eigenvalue weighted by Gasteiger charge is 2.04. The Hall–Kier alpha value is -1.30. The Bertz CT molecular complexity index is 625. The predicted molar refractivity (Wildman–Crippen MR) is 123 cm³/mol. The summed E-state index contributed by atoms with van der Waals surface area (Å²) in [6, 6.07) is 13.4. The lowest BCUT2D eigenvalue weighted by Gasteiger charge is -2.10. The summed E-state index contributed by atoms with van der Waals surface area (Å²) in [7, 11) is 0. The van der Waals surface area contributed by atoms with Crippen molar-refractivity contribution in [3.8, 4) is 0 Å². The monoisotopic (exact) mass is 366 g/mol. The molecule has 0 bridgehead atoms. The first-order valence-electron chi connectivity index (χ1n) is 11.8. The molecule has 0 amide bonds. The summed E-state index contributed by atoms with van der Waals surface area (Å²) in [4.78, 5) is 0. The maximum Gasteiger partial charge on any atom is -0.0149 e. The van der Waals surface area contributed by atoms with Crippen LogP contribution in [0.4, 0.5) is 0 Å². The first-order chi connectivity index (χ1) is 13.3. The van der Waals surface area contributed by atoms with Crippen LogP contribution in [0.3, 0.4) is 0 Å². The quantitative estimate of drug-likeness (QED) is 0.275. The summed E-state index contributed by atoms with van der Waals surface area (Å²) < 4.78 is 0. The Morgan fingerprint density at radius 3 is 1.67 bits per heavy atom. The molecule has 0 heterocycles. The van der Waals surface area contributed by atoms with Crippen LogP contribution in [-0.4, -0.2) is 0 Å². The molecule has 27 heavy (non-hydrogen) atoms. The van der Waals surface area contributed by atoms with E-state index in [-0.39, 0.29) is 0 Å². The number of hydrogen-bond acceptors (Lipinski definition) is 0. The van der Waals surface area contributed by atoms with Gasteiger partial charge in [-0.25, -0.2) is 0 Å². The van der Waals surface area contributed by atoms with Gasteiger partial charge in [0.2, 0.25) is 0 Å². The third kappa shape index (κ3) is 8.50. The molecule has 0 aliphatic heterocycles. The molecular formula is C27H42. The lowest BCUT2D eigenvalue weighted by molar-refractivity contribution is 0.535. The number of aryl methyl sites for hydroxylation is 2. The Morgan fingerprint density at radius 1 is 0.556 bits per heavy atom. The van der Waals surface area contributed by atoms with Gasteiger partial charge in [0.15, 0.2) is 0 Å². The van der Waals surface area contributed by atoms with E-state index in [1.165, 1.54) is 113 Å². The molecule has 0 unspecified atom stereocenters. The summed E-state index contributed by atoms with van der Waals surface area (Å²) in [5.41, 5.74) is 3.04. The van der Waals surface area contributed by atoms with Crippen molar-refractivity contribution in [1.29, 1.82) is 0 Å². The zero-order valence-corrected chi connectivity index (χ0v) is 18.1. The molecule has 0 aromatic heterocycles. The largest absolute Gasteiger partial charge is 0.0654 e. The van der Waals surface area contributed by atoms with Gasteiger partial charge in [-0.05, 0) is 41.7 Å². The third-order valence-electron chi connectivity index (χ3n) is 6.06. The van der Waals surface area contributed by atoms with Crippen LogP contribution >= 0.6 is 0 Å². The first kappa shape index (κ1) is 22.0. The van der Waals surface area contributed by atoms with Gasteiger partial charge in [0.25, 0.3) is 0 Å². The summed E-state index contributed by atoms with van der Waals surface area (Å²) >= 11 is 0. The maximum atomic E-state index is 2.30. The van der Waals surface area contributed by atoms with Crippen LogP contribution in [0.2, 0.25) is 0 Å². The van der Waals surface area contributed by atoms with Crippen LogP contribution in [0.1, 0.15) is 108 Å². The molecule has 2 rings (SSSR count). The van der Waals surface area contributed by atoms with Crippen molar-refractivity contribution in [2.24, 2.45) is 0 Å².